The molecule has 0 aliphatic carbocycles. The van der Waals surface area contributed by atoms with Crippen LogP contribution in [0, 0.1) is 0 Å². The number of aryl methyl sites for hydroxylation is 1. The Labute approximate surface area is 166 Å². The SMILES string of the molecule is CC=CCCC[n+]1ccc(CC2Sc3ccccc3N2C)c2ccccc21. The Hall–Kier alpha value is -2.26. The molecule has 2 aromatic carbocycles. The van der Waals surface area contributed by atoms with E-state index in [0.717, 1.165) is 19.4 Å². The number of pyridine rings is 1. The molecule has 0 fully saturated rings. The third-order valence-electron chi connectivity index (χ3n) is 5.36. The Kier molecular flexibility index (Phi) is 5.49. The van der Waals surface area contributed by atoms with Crippen molar-refractivity contribution in [3.8, 4) is 0 Å². The summed E-state index contributed by atoms with van der Waals surface area (Å²) >= 11 is 1.98. The van der Waals surface area contributed by atoms with Crippen molar-refractivity contribution in [3.63, 3.8) is 0 Å². The van der Waals surface area contributed by atoms with Crippen molar-refractivity contribution in [2.24, 2.45) is 0 Å². The van der Waals surface area contributed by atoms with E-state index < -0.39 is 0 Å². The minimum Gasteiger partial charge on any atom is -0.361 e. The van der Waals surface area contributed by atoms with Gasteiger partial charge in [-0.25, -0.2) is 0 Å². The van der Waals surface area contributed by atoms with E-state index in [1.807, 2.05) is 11.8 Å². The Morgan fingerprint density at radius 3 is 2.74 bits per heavy atom. The van der Waals surface area contributed by atoms with Gasteiger partial charge in [-0.15, -0.1) is 0 Å². The summed E-state index contributed by atoms with van der Waals surface area (Å²) in [5.41, 5.74) is 4.14. The molecule has 3 heteroatoms. The molecular formula is C24H27N2S+. The molecule has 1 aromatic heterocycles. The first kappa shape index (κ1) is 18.1. The topological polar surface area (TPSA) is 7.12 Å². The summed E-state index contributed by atoms with van der Waals surface area (Å²) in [6.45, 7) is 3.16. The van der Waals surface area contributed by atoms with Crippen LogP contribution in [0.5, 0.6) is 0 Å². The van der Waals surface area contributed by atoms with Gasteiger partial charge in [-0.05, 0) is 37.1 Å². The summed E-state index contributed by atoms with van der Waals surface area (Å²) in [6.07, 6.45) is 10.0. The highest BCUT2D eigenvalue weighted by atomic mass is 32.2. The number of nitrogens with zero attached hydrogens (tertiary/aromatic N) is 2. The average Bonchev–Trinajstić information content (AvgIpc) is 3.02. The molecule has 1 aliphatic rings. The number of aromatic nitrogens is 1. The van der Waals surface area contributed by atoms with Crippen LogP contribution in [-0.2, 0) is 13.0 Å². The van der Waals surface area contributed by atoms with Crippen molar-refractivity contribution in [2.45, 2.75) is 43.0 Å². The molecule has 138 valence electrons. The number of hydrogen-bond donors (Lipinski definition) is 0. The lowest BCUT2D eigenvalue weighted by Crippen LogP contribution is -2.35. The van der Waals surface area contributed by atoms with E-state index in [0.29, 0.717) is 5.37 Å². The van der Waals surface area contributed by atoms with Gasteiger partial charge < -0.3 is 4.90 Å². The standard InChI is InChI=1S/C24H27N2S/c1-3-4-5-10-16-26-17-15-19(20-11-6-7-12-21(20)26)18-24-25(2)22-13-8-9-14-23(22)27-24/h3-4,6-9,11-15,17,24H,5,10,16,18H2,1-2H3/q+1. The summed E-state index contributed by atoms with van der Waals surface area (Å²) in [5.74, 6) is 0. The third-order valence-corrected chi connectivity index (χ3v) is 6.71. The van der Waals surface area contributed by atoms with E-state index in [9.17, 15) is 0 Å². The molecule has 1 atom stereocenters. The largest absolute Gasteiger partial charge is 0.361 e. The fourth-order valence-electron chi connectivity index (χ4n) is 3.86. The molecule has 2 heterocycles. The molecule has 0 N–H and O–H groups in total. The third kappa shape index (κ3) is 3.74. The first-order valence-corrected chi connectivity index (χ1v) is 10.7. The lowest BCUT2D eigenvalue weighted by atomic mass is 10.1. The second kappa shape index (κ2) is 8.18. The van der Waals surface area contributed by atoms with Crippen LogP contribution < -0.4 is 9.47 Å². The van der Waals surface area contributed by atoms with E-state index in [1.54, 1.807) is 0 Å². The van der Waals surface area contributed by atoms with Gasteiger partial charge >= 0.3 is 0 Å². The molecule has 27 heavy (non-hydrogen) atoms. The lowest BCUT2D eigenvalue weighted by Gasteiger charge is -2.22. The van der Waals surface area contributed by atoms with E-state index in [4.69, 9.17) is 0 Å². The van der Waals surface area contributed by atoms with E-state index in [2.05, 4.69) is 96.4 Å². The van der Waals surface area contributed by atoms with Crippen molar-refractivity contribution in [3.05, 3.63) is 78.5 Å². The number of unbranched alkanes of at least 4 members (excludes halogenated alkanes) is 1. The van der Waals surface area contributed by atoms with Crippen molar-refractivity contribution >= 4 is 28.4 Å². The summed E-state index contributed by atoms with van der Waals surface area (Å²) in [6, 6.07) is 19.9. The maximum atomic E-state index is 2.42. The quantitative estimate of drug-likeness (QED) is 0.315. The maximum Gasteiger partial charge on any atom is 0.212 e. The number of fused-ring (bicyclic) bond motifs is 2. The molecule has 0 bridgehead atoms. The highest BCUT2D eigenvalue weighted by Gasteiger charge is 2.28. The van der Waals surface area contributed by atoms with Crippen LogP contribution in [0.1, 0.15) is 25.3 Å². The fourth-order valence-corrected chi connectivity index (χ4v) is 5.18. The van der Waals surface area contributed by atoms with E-state index in [-0.39, 0.29) is 0 Å². The normalized spacial score (nSPS) is 16.4. The van der Waals surface area contributed by atoms with Gasteiger partial charge in [-0.1, -0.05) is 48.2 Å². The van der Waals surface area contributed by atoms with Crippen LogP contribution >= 0.6 is 11.8 Å². The number of benzene rings is 2. The van der Waals surface area contributed by atoms with Gasteiger partial charge in [0.15, 0.2) is 6.20 Å². The van der Waals surface area contributed by atoms with E-state index in [1.165, 1.54) is 33.5 Å². The molecule has 1 aliphatic heterocycles. The predicted octanol–water partition coefficient (Wildman–Crippen LogP) is 5.59. The van der Waals surface area contributed by atoms with Crippen LogP contribution in [0.25, 0.3) is 10.9 Å². The number of thioether (sulfide) groups is 1. The molecule has 2 nitrogen and oxygen atoms in total. The molecule has 3 aromatic rings. The molecule has 4 rings (SSSR count). The van der Waals surface area contributed by atoms with Crippen LogP contribution in [0.3, 0.4) is 0 Å². The molecule has 0 saturated carbocycles. The lowest BCUT2D eigenvalue weighted by molar-refractivity contribution is -0.671. The summed E-state index contributed by atoms with van der Waals surface area (Å²) in [4.78, 5) is 3.82. The predicted molar refractivity (Wildman–Crippen MR) is 116 cm³/mol. The molecule has 0 spiro atoms. The molecule has 0 amide bonds. The number of anilines is 1. The highest BCUT2D eigenvalue weighted by Crippen LogP contribution is 2.43. The molecule has 0 saturated heterocycles. The number of allylic oxidation sites excluding steroid dienone is 2. The summed E-state index contributed by atoms with van der Waals surface area (Å²) in [5, 5.41) is 1.84. The zero-order valence-corrected chi connectivity index (χ0v) is 17.0. The Balaban J connectivity index is 1.58. The Morgan fingerprint density at radius 1 is 1.07 bits per heavy atom. The monoisotopic (exact) mass is 375 g/mol. The Bertz CT molecular complexity index is 964. The Morgan fingerprint density at radius 2 is 1.89 bits per heavy atom. The molecule has 0 radical (unpaired) electrons. The van der Waals surface area contributed by atoms with Crippen LogP contribution in [0.2, 0.25) is 0 Å². The van der Waals surface area contributed by atoms with Gasteiger partial charge in [0.05, 0.1) is 11.1 Å². The maximum absolute atomic E-state index is 2.42. The first-order valence-electron chi connectivity index (χ1n) is 9.77. The van der Waals surface area contributed by atoms with E-state index >= 15 is 0 Å². The van der Waals surface area contributed by atoms with Gasteiger partial charge in [-0.3, -0.25) is 0 Å². The van der Waals surface area contributed by atoms with Crippen LogP contribution in [-0.4, -0.2) is 12.4 Å². The summed E-state index contributed by atoms with van der Waals surface area (Å²) in [7, 11) is 2.22. The number of rotatable bonds is 6. The zero-order valence-electron chi connectivity index (χ0n) is 16.1. The van der Waals surface area contributed by atoms with Crippen molar-refractivity contribution in [2.75, 3.05) is 11.9 Å². The van der Waals surface area contributed by atoms with Crippen LogP contribution in [0.4, 0.5) is 5.69 Å². The number of para-hydroxylation sites is 2. The fraction of sp³-hybridized carbons (Fsp3) is 0.292. The highest BCUT2D eigenvalue weighted by molar-refractivity contribution is 8.00. The molecule has 1 unspecified atom stereocenters. The first-order chi connectivity index (χ1) is 13.3. The van der Waals surface area contributed by atoms with Gasteiger partial charge in [0.2, 0.25) is 5.52 Å². The van der Waals surface area contributed by atoms with Gasteiger partial charge in [0.25, 0.3) is 0 Å². The number of hydrogen-bond acceptors (Lipinski definition) is 2. The van der Waals surface area contributed by atoms with Gasteiger partial charge in [0, 0.05) is 42.3 Å². The zero-order chi connectivity index (χ0) is 18.6. The summed E-state index contributed by atoms with van der Waals surface area (Å²) < 4.78 is 2.41. The smallest absolute Gasteiger partial charge is 0.212 e. The van der Waals surface area contributed by atoms with Crippen molar-refractivity contribution in [1.82, 2.24) is 0 Å². The van der Waals surface area contributed by atoms with Crippen molar-refractivity contribution in [1.29, 1.82) is 0 Å². The van der Waals surface area contributed by atoms with Gasteiger partial charge in [-0.2, -0.15) is 4.57 Å². The second-order valence-electron chi connectivity index (χ2n) is 7.12. The van der Waals surface area contributed by atoms with Crippen molar-refractivity contribution < 1.29 is 4.57 Å². The minimum absolute atomic E-state index is 0.455. The molecular weight excluding hydrogens is 348 g/mol. The minimum atomic E-state index is 0.455. The van der Waals surface area contributed by atoms with Crippen LogP contribution in [0.15, 0.2) is 77.8 Å². The number of likely N-dealkylation sites (N-methyl/N-ethyl adjacent to an activating group) is 1. The van der Waals surface area contributed by atoms with Gasteiger partial charge in [0.1, 0.15) is 6.54 Å². The second-order valence-corrected chi connectivity index (χ2v) is 8.34. The average molecular weight is 376 g/mol.